The molecule has 10 heteroatoms. The Bertz CT molecular complexity index is 1110. The van der Waals surface area contributed by atoms with Crippen LogP contribution in [-0.4, -0.2) is 71.2 Å². The number of hydrogen-bond acceptors (Lipinski definition) is 7. The molecule has 0 bridgehead atoms. The molecule has 188 valence electrons. The first-order chi connectivity index (χ1) is 16.3. The first-order valence-corrected chi connectivity index (χ1v) is 15.3. The van der Waals surface area contributed by atoms with E-state index in [1.54, 1.807) is 4.31 Å². The monoisotopic (exact) mass is 507 g/mol. The van der Waals surface area contributed by atoms with Crippen LogP contribution in [0.1, 0.15) is 60.5 Å². The molecule has 0 amide bonds. The van der Waals surface area contributed by atoms with Crippen molar-refractivity contribution in [2.75, 3.05) is 32.5 Å². The Kier molecular flexibility index (Phi) is 6.89. The van der Waals surface area contributed by atoms with Crippen LogP contribution in [0.3, 0.4) is 0 Å². The van der Waals surface area contributed by atoms with Crippen LogP contribution in [0.15, 0.2) is 12.3 Å². The Morgan fingerprint density at radius 2 is 2.18 bits per heavy atom. The molecule has 5 heterocycles. The Balaban J connectivity index is 1.20. The molecule has 8 nitrogen and oxygen atoms in total. The van der Waals surface area contributed by atoms with Crippen molar-refractivity contribution in [2.45, 2.75) is 77.1 Å². The van der Waals surface area contributed by atoms with Gasteiger partial charge in [-0.3, -0.25) is 9.58 Å². The number of rotatable bonds is 6. The maximum absolute atomic E-state index is 11.9. The largest absolute Gasteiger partial charge is 0.370 e. The highest BCUT2D eigenvalue weighted by Gasteiger charge is 2.44. The number of hydrogen-bond donors (Lipinski definition) is 0. The van der Waals surface area contributed by atoms with Crippen LogP contribution in [-0.2, 0) is 46.3 Å². The predicted octanol–water partition coefficient (Wildman–Crippen LogP) is 3.03. The third kappa shape index (κ3) is 4.97. The molecule has 0 aromatic carbocycles. The Morgan fingerprint density at radius 3 is 2.94 bits per heavy atom. The highest BCUT2D eigenvalue weighted by Crippen LogP contribution is 2.46. The molecule has 2 fully saturated rings. The summed E-state index contributed by atoms with van der Waals surface area (Å²) in [6, 6.07) is 2.81. The summed E-state index contributed by atoms with van der Waals surface area (Å²) in [4.78, 5) is 5.50. The maximum atomic E-state index is 11.9. The summed E-state index contributed by atoms with van der Waals surface area (Å²) in [6.45, 7) is 9.05. The van der Waals surface area contributed by atoms with Gasteiger partial charge < -0.3 is 4.74 Å². The lowest BCUT2D eigenvalue weighted by Gasteiger charge is -2.47. The fraction of sp³-hybridized carbons (Fsp3) is 0.750. The van der Waals surface area contributed by atoms with Crippen LogP contribution in [0.5, 0.6) is 0 Å². The van der Waals surface area contributed by atoms with Gasteiger partial charge >= 0.3 is 0 Å². The normalized spacial score (nSPS) is 28.9. The van der Waals surface area contributed by atoms with Crippen molar-refractivity contribution in [3.8, 4) is 0 Å². The van der Waals surface area contributed by atoms with Crippen LogP contribution in [0, 0.1) is 5.92 Å². The van der Waals surface area contributed by atoms with E-state index in [4.69, 9.17) is 4.74 Å². The van der Waals surface area contributed by atoms with E-state index in [2.05, 4.69) is 35.1 Å². The summed E-state index contributed by atoms with van der Waals surface area (Å²) in [5.74, 6) is 0.281. The number of aryl methyl sites for hydroxylation is 1. The Morgan fingerprint density at radius 1 is 1.32 bits per heavy atom. The van der Waals surface area contributed by atoms with E-state index in [-0.39, 0.29) is 11.5 Å². The number of ether oxygens (including phenoxy) is 1. The van der Waals surface area contributed by atoms with Crippen molar-refractivity contribution < 1.29 is 13.2 Å². The molecule has 1 unspecified atom stereocenters. The van der Waals surface area contributed by atoms with Crippen LogP contribution in [0.2, 0.25) is 0 Å². The molecule has 2 aromatic rings. The molecule has 2 saturated heterocycles. The van der Waals surface area contributed by atoms with E-state index in [1.165, 1.54) is 21.6 Å². The minimum absolute atomic E-state index is 0.127. The third-order valence-corrected chi connectivity index (χ3v) is 10.4. The summed E-state index contributed by atoms with van der Waals surface area (Å²) in [5.41, 5.74) is 2.30. The highest BCUT2D eigenvalue weighted by molar-refractivity contribution is 7.88. The standard InChI is InChI=1S/C24H37N5O3S2/c1-4-21-12-22-23(33-21)7-11-32-24(22)8-10-27(18(2)13-24)16-20-17-28(26-25-20)14-19-6-5-9-29(15-19)34(3,30)31/h12,17-19H,4-11,13-16H2,1-3H3/t18-,19?,24+/m0/s1. The number of sulfonamides is 1. The minimum Gasteiger partial charge on any atom is -0.370 e. The van der Waals surface area contributed by atoms with Crippen molar-refractivity contribution in [3.05, 3.63) is 33.3 Å². The van der Waals surface area contributed by atoms with Crippen molar-refractivity contribution in [1.29, 1.82) is 0 Å². The van der Waals surface area contributed by atoms with E-state index in [9.17, 15) is 8.42 Å². The minimum atomic E-state index is -3.13. The molecule has 0 aliphatic carbocycles. The fourth-order valence-electron chi connectivity index (χ4n) is 5.96. The van der Waals surface area contributed by atoms with Crippen molar-refractivity contribution in [2.24, 2.45) is 5.92 Å². The van der Waals surface area contributed by atoms with E-state index >= 15 is 0 Å². The molecule has 0 radical (unpaired) electrons. The quantitative estimate of drug-likeness (QED) is 0.598. The summed E-state index contributed by atoms with van der Waals surface area (Å²) in [7, 11) is -3.13. The van der Waals surface area contributed by atoms with Gasteiger partial charge in [0.1, 0.15) is 0 Å². The first kappa shape index (κ1) is 24.4. The summed E-state index contributed by atoms with van der Waals surface area (Å²) in [6.07, 6.45) is 9.44. The van der Waals surface area contributed by atoms with Crippen LogP contribution < -0.4 is 0 Å². The highest BCUT2D eigenvalue weighted by atomic mass is 32.2. The number of aromatic nitrogens is 3. The smallest absolute Gasteiger partial charge is 0.211 e. The lowest BCUT2D eigenvalue weighted by atomic mass is 9.79. The zero-order valence-corrected chi connectivity index (χ0v) is 22.2. The average molecular weight is 508 g/mol. The van der Waals surface area contributed by atoms with Crippen molar-refractivity contribution in [1.82, 2.24) is 24.2 Å². The molecule has 34 heavy (non-hydrogen) atoms. The summed E-state index contributed by atoms with van der Waals surface area (Å²) >= 11 is 1.97. The molecule has 0 saturated carbocycles. The van der Waals surface area contributed by atoms with Crippen LogP contribution >= 0.6 is 11.3 Å². The molecule has 3 aliphatic heterocycles. The van der Waals surface area contributed by atoms with E-state index in [1.807, 2.05) is 22.2 Å². The van der Waals surface area contributed by atoms with Gasteiger partial charge in [0.25, 0.3) is 0 Å². The average Bonchev–Trinajstić information content (AvgIpc) is 3.43. The Hall–Kier alpha value is -1.33. The first-order valence-electron chi connectivity index (χ1n) is 12.6. The number of thiophene rings is 1. The molecular weight excluding hydrogens is 470 g/mol. The van der Waals surface area contributed by atoms with E-state index in [0.717, 1.165) is 63.9 Å². The molecule has 3 atom stereocenters. The molecular formula is C24H37N5O3S2. The van der Waals surface area contributed by atoms with Crippen LogP contribution in [0.25, 0.3) is 0 Å². The van der Waals surface area contributed by atoms with Gasteiger partial charge in [-0.25, -0.2) is 12.7 Å². The van der Waals surface area contributed by atoms with E-state index < -0.39 is 10.0 Å². The third-order valence-electron chi connectivity index (χ3n) is 7.81. The molecule has 1 spiro atoms. The number of fused-ring (bicyclic) bond motifs is 2. The topological polar surface area (TPSA) is 80.6 Å². The lowest BCUT2D eigenvalue weighted by molar-refractivity contribution is -0.112. The molecule has 5 rings (SSSR count). The maximum Gasteiger partial charge on any atom is 0.211 e. The van der Waals surface area contributed by atoms with Crippen LogP contribution in [0.4, 0.5) is 0 Å². The van der Waals surface area contributed by atoms with Gasteiger partial charge in [0.2, 0.25) is 10.0 Å². The number of piperidine rings is 2. The molecule has 3 aliphatic rings. The van der Waals surface area contributed by atoms with Gasteiger partial charge in [0.05, 0.1) is 24.2 Å². The molecule has 2 aromatic heterocycles. The summed E-state index contributed by atoms with van der Waals surface area (Å²) in [5, 5.41) is 8.80. The van der Waals surface area contributed by atoms with Gasteiger partial charge in [-0.05, 0) is 56.6 Å². The SMILES string of the molecule is CCc1cc2c(s1)CCO[C@@]21CCN(Cc2cn(CC3CCCN(S(C)(=O)=O)C3)nn2)[C@@H](C)C1. The van der Waals surface area contributed by atoms with Gasteiger partial charge in [-0.2, -0.15) is 0 Å². The van der Waals surface area contributed by atoms with Gasteiger partial charge in [0.15, 0.2) is 0 Å². The summed E-state index contributed by atoms with van der Waals surface area (Å²) < 4.78 is 33.8. The lowest BCUT2D eigenvalue weighted by Crippen LogP contribution is -2.50. The Labute approximate surface area is 207 Å². The van der Waals surface area contributed by atoms with Gasteiger partial charge in [-0.1, -0.05) is 12.1 Å². The molecule has 0 N–H and O–H groups in total. The van der Waals surface area contributed by atoms with Crippen molar-refractivity contribution in [3.63, 3.8) is 0 Å². The predicted molar refractivity (Wildman–Crippen MR) is 133 cm³/mol. The zero-order valence-electron chi connectivity index (χ0n) is 20.6. The second-order valence-corrected chi connectivity index (χ2v) is 13.5. The van der Waals surface area contributed by atoms with Gasteiger partial charge in [-0.15, -0.1) is 16.4 Å². The number of likely N-dealkylation sites (tertiary alicyclic amines) is 1. The second kappa shape index (κ2) is 9.61. The second-order valence-electron chi connectivity index (χ2n) is 10.3. The van der Waals surface area contributed by atoms with E-state index in [0.29, 0.717) is 25.7 Å². The zero-order chi connectivity index (χ0) is 23.9. The van der Waals surface area contributed by atoms with Crippen molar-refractivity contribution >= 4 is 21.4 Å². The fourth-order valence-corrected chi connectivity index (χ4v) is 8.08. The van der Waals surface area contributed by atoms with Gasteiger partial charge in [0, 0.05) is 61.1 Å². The number of nitrogens with zero attached hydrogens (tertiary/aromatic N) is 5.